The van der Waals surface area contributed by atoms with Crippen LogP contribution in [0.4, 0.5) is 0 Å². The van der Waals surface area contributed by atoms with Crippen LogP contribution in [0.2, 0.25) is 0 Å². The molecule has 0 saturated carbocycles. The molecule has 4 atom stereocenters. The highest BCUT2D eigenvalue weighted by atomic mass is 15.3. The second-order valence-corrected chi connectivity index (χ2v) is 7.01. The average molecular weight is 288 g/mol. The van der Waals surface area contributed by atoms with Gasteiger partial charge in [0.25, 0.3) is 0 Å². The molecule has 21 heavy (non-hydrogen) atoms. The van der Waals surface area contributed by atoms with Crippen LogP contribution in [0.25, 0.3) is 0 Å². The van der Waals surface area contributed by atoms with Crippen LogP contribution in [0.5, 0.6) is 0 Å². The second kappa shape index (κ2) is 7.42. The van der Waals surface area contributed by atoms with Gasteiger partial charge in [-0.25, -0.2) is 0 Å². The van der Waals surface area contributed by atoms with Crippen LogP contribution in [0.1, 0.15) is 52.6 Å². The molecule has 0 amide bonds. The lowest BCUT2D eigenvalue weighted by molar-refractivity contribution is 0.0394. The predicted octanol–water partition coefficient (Wildman–Crippen LogP) is 4.09. The molecule has 0 aromatic heterocycles. The van der Waals surface area contributed by atoms with Gasteiger partial charge in [-0.3, -0.25) is 4.90 Å². The largest absolute Gasteiger partial charge is 0.307 e. The molecular weight excluding hydrogens is 256 g/mol. The van der Waals surface area contributed by atoms with Crippen LogP contribution >= 0.6 is 0 Å². The Labute approximate surface area is 130 Å². The number of benzene rings is 1. The Kier molecular flexibility index (Phi) is 5.83. The third kappa shape index (κ3) is 3.87. The van der Waals surface area contributed by atoms with E-state index in [1.165, 1.54) is 12.0 Å². The van der Waals surface area contributed by atoms with Crippen molar-refractivity contribution in [3.05, 3.63) is 35.9 Å². The fourth-order valence-corrected chi connectivity index (χ4v) is 3.45. The topological polar surface area (TPSA) is 15.3 Å². The standard InChI is InChI=1S/C19H32N2/c1-6-15(4)16(5)21-13-18(17-10-8-7-9-11-17)20-12-19(21)14(2)3/h7-11,14-16,18-20H,6,12-13H2,1-5H3. The van der Waals surface area contributed by atoms with Crippen LogP contribution in [0, 0.1) is 11.8 Å². The molecule has 2 nitrogen and oxygen atoms in total. The summed E-state index contributed by atoms with van der Waals surface area (Å²) in [6.07, 6.45) is 1.26. The molecule has 2 heteroatoms. The van der Waals surface area contributed by atoms with Crippen molar-refractivity contribution in [1.82, 2.24) is 10.2 Å². The summed E-state index contributed by atoms with van der Waals surface area (Å²) in [5, 5.41) is 3.77. The molecule has 1 aliphatic heterocycles. The highest BCUT2D eigenvalue weighted by Gasteiger charge is 2.34. The summed E-state index contributed by atoms with van der Waals surface area (Å²) in [6.45, 7) is 14.0. The van der Waals surface area contributed by atoms with Crippen molar-refractivity contribution in [3.8, 4) is 0 Å². The van der Waals surface area contributed by atoms with Crippen LogP contribution in [0.3, 0.4) is 0 Å². The molecule has 4 unspecified atom stereocenters. The Bertz CT molecular complexity index is 415. The zero-order valence-corrected chi connectivity index (χ0v) is 14.3. The van der Waals surface area contributed by atoms with Gasteiger partial charge in [0.05, 0.1) is 0 Å². The minimum Gasteiger partial charge on any atom is -0.307 e. The maximum absolute atomic E-state index is 3.77. The summed E-state index contributed by atoms with van der Waals surface area (Å²) in [5.74, 6) is 1.45. The molecule has 0 aliphatic carbocycles. The van der Waals surface area contributed by atoms with Crippen LogP contribution in [-0.4, -0.2) is 30.1 Å². The molecule has 0 radical (unpaired) electrons. The summed E-state index contributed by atoms with van der Waals surface area (Å²) >= 11 is 0. The van der Waals surface area contributed by atoms with E-state index in [-0.39, 0.29) is 0 Å². The Morgan fingerprint density at radius 1 is 1.14 bits per heavy atom. The van der Waals surface area contributed by atoms with Gasteiger partial charge in [0.15, 0.2) is 0 Å². The number of hydrogen-bond donors (Lipinski definition) is 1. The van der Waals surface area contributed by atoms with E-state index < -0.39 is 0 Å². The predicted molar refractivity (Wildman–Crippen MR) is 91.4 cm³/mol. The van der Waals surface area contributed by atoms with E-state index in [2.05, 4.69) is 75.2 Å². The molecule has 1 heterocycles. The van der Waals surface area contributed by atoms with Crippen molar-refractivity contribution in [2.45, 2.75) is 59.2 Å². The number of piperazine rings is 1. The second-order valence-electron chi connectivity index (χ2n) is 7.01. The quantitative estimate of drug-likeness (QED) is 0.878. The van der Waals surface area contributed by atoms with E-state index in [1.54, 1.807) is 0 Å². The van der Waals surface area contributed by atoms with Gasteiger partial charge < -0.3 is 5.32 Å². The van der Waals surface area contributed by atoms with Crippen LogP contribution in [-0.2, 0) is 0 Å². The van der Waals surface area contributed by atoms with Gasteiger partial charge in [0, 0.05) is 31.2 Å². The normalized spacial score (nSPS) is 26.8. The van der Waals surface area contributed by atoms with Gasteiger partial charge in [-0.15, -0.1) is 0 Å². The summed E-state index contributed by atoms with van der Waals surface area (Å²) in [6, 6.07) is 12.7. The summed E-state index contributed by atoms with van der Waals surface area (Å²) in [4.78, 5) is 2.76. The number of nitrogens with one attached hydrogen (secondary N) is 1. The lowest BCUT2D eigenvalue weighted by atomic mass is 9.90. The van der Waals surface area contributed by atoms with Gasteiger partial charge >= 0.3 is 0 Å². The van der Waals surface area contributed by atoms with Crippen molar-refractivity contribution in [2.24, 2.45) is 11.8 Å². The summed E-state index contributed by atoms with van der Waals surface area (Å²) < 4.78 is 0. The van der Waals surface area contributed by atoms with Gasteiger partial charge in [-0.05, 0) is 24.3 Å². The van der Waals surface area contributed by atoms with E-state index in [4.69, 9.17) is 0 Å². The van der Waals surface area contributed by atoms with Gasteiger partial charge in [-0.2, -0.15) is 0 Å². The molecule has 1 saturated heterocycles. The zero-order chi connectivity index (χ0) is 15.4. The first-order valence-electron chi connectivity index (χ1n) is 8.58. The molecule has 1 aliphatic rings. The summed E-state index contributed by atoms with van der Waals surface area (Å²) in [5.41, 5.74) is 1.42. The third-order valence-electron chi connectivity index (χ3n) is 5.35. The zero-order valence-electron chi connectivity index (χ0n) is 14.3. The average Bonchev–Trinajstić information content (AvgIpc) is 2.53. The van der Waals surface area contributed by atoms with Crippen molar-refractivity contribution in [2.75, 3.05) is 13.1 Å². The van der Waals surface area contributed by atoms with Gasteiger partial charge in [0.2, 0.25) is 0 Å². The van der Waals surface area contributed by atoms with Crippen molar-refractivity contribution in [3.63, 3.8) is 0 Å². The molecule has 2 rings (SSSR count). The van der Waals surface area contributed by atoms with Gasteiger partial charge in [-0.1, -0.05) is 64.4 Å². The first-order chi connectivity index (χ1) is 10.0. The first-order valence-corrected chi connectivity index (χ1v) is 8.58. The molecular formula is C19H32N2. The van der Waals surface area contributed by atoms with E-state index in [9.17, 15) is 0 Å². The van der Waals surface area contributed by atoms with E-state index in [0.29, 0.717) is 24.0 Å². The first kappa shape index (κ1) is 16.5. The Hall–Kier alpha value is -0.860. The lowest BCUT2D eigenvalue weighted by Crippen LogP contribution is -2.58. The SMILES string of the molecule is CCC(C)C(C)N1CC(c2ccccc2)NCC1C(C)C. The highest BCUT2D eigenvalue weighted by Crippen LogP contribution is 2.28. The minimum absolute atomic E-state index is 0.465. The van der Waals surface area contributed by atoms with E-state index >= 15 is 0 Å². The van der Waals surface area contributed by atoms with E-state index in [0.717, 1.165) is 19.0 Å². The van der Waals surface area contributed by atoms with Crippen molar-refractivity contribution < 1.29 is 0 Å². The molecule has 0 spiro atoms. The molecule has 1 fully saturated rings. The molecule has 1 aromatic rings. The van der Waals surface area contributed by atoms with Crippen molar-refractivity contribution >= 4 is 0 Å². The lowest BCUT2D eigenvalue weighted by Gasteiger charge is -2.47. The maximum atomic E-state index is 3.77. The monoisotopic (exact) mass is 288 g/mol. The minimum atomic E-state index is 0.465. The van der Waals surface area contributed by atoms with Crippen LogP contribution < -0.4 is 5.32 Å². The number of rotatable bonds is 5. The van der Waals surface area contributed by atoms with Crippen LogP contribution in [0.15, 0.2) is 30.3 Å². The Balaban J connectivity index is 2.15. The van der Waals surface area contributed by atoms with E-state index in [1.807, 2.05) is 0 Å². The number of hydrogen-bond acceptors (Lipinski definition) is 2. The Morgan fingerprint density at radius 3 is 2.38 bits per heavy atom. The summed E-state index contributed by atoms with van der Waals surface area (Å²) in [7, 11) is 0. The fraction of sp³-hybridized carbons (Fsp3) is 0.684. The number of nitrogens with zero attached hydrogens (tertiary/aromatic N) is 1. The maximum Gasteiger partial charge on any atom is 0.0450 e. The molecule has 0 bridgehead atoms. The van der Waals surface area contributed by atoms with Gasteiger partial charge in [0.1, 0.15) is 0 Å². The molecule has 1 aromatic carbocycles. The smallest absolute Gasteiger partial charge is 0.0450 e. The molecule has 1 N–H and O–H groups in total. The third-order valence-corrected chi connectivity index (χ3v) is 5.35. The van der Waals surface area contributed by atoms with Crippen molar-refractivity contribution in [1.29, 1.82) is 0 Å². The highest BCUT2D eigenvalue weighted by molar-refractivity contribution is 5.20. The fourth-order valence-electron chi connectivity index (χ4n) is 3.45. The Morgan fingerprint density at radius 2 is 1.81 bits per heavy atom. The molecule has 118 valence electrons.